The molecule has 0 radical (unpaired) electrons. The summed E-state index contributed by atoms with van der Waals surface area (Å²) < 4.78 is 25.0. The van der Waals surface area contributed by atoms with Crippen LogP contribution in [0.5, 0.6) is 0 Å². The van der Waals surface area contributed by atoms with Gasteiger partial charge >= 0.3 is 0 Å². The fourth-order valence-electron chi connectivity index (χ4n) is 1.18. The van der Waals surface area contributed by atoms with Crippen LogP contribution < -0.4 is 0 Å². The third kappa shape index (κ3) is 1.25. The Morgan fingerprint density at radius 3 is 2.36 bits per heavy atom. The van der Waals surface area contributed by atoms with Crippen LogP contribution in [0.15, 0.2) is 18.2 Å². The minimum absolute atomic E-state index is 0.491. The van der Waals surface area contributed by atoms with Crippen LogP contribution in [-0.2, 0) is 0 Å². The van der Waals surface area contributed by atoms with Crippen molar-refractivity contribution in [2.24, 2.45) is 0 Å². The SMILES string of the molecule is Fc1ccc(C2CC2)cc1F. The summed E-state index contributed by atoms with van der Waals surface area (Å²) in [6, 6.07) is 4.16. The Hall–Kier alpha value is -0.920. The van der Waals surface area contributed by atoms with E-state index in [0.29, 0.717) is 5.92 Å². The van der Waals surface area contributed by atoms with E-state index in [9.17, 15) is 8.78 Å². The maximum atomic E-state index is 12.6. The zero-order chi connectivity index (χ0) is 7.84. The molecule has 2 rings (SSSR count). The van der Waals surface area contributed by atoms with E-state index >= 15 is 0 Å². The Kier molecular flexibility index (Phi) is 1.41. The zero-order valence-electron chi connectivity index (χ0n) is 5.98. The highest BCUT2D eigenvalue weighted by Gasteiger charge is 2.24. The molecule has 0 spiro atoms. The first-order valence-electron chi connectivity index (χ1n) is 3.72. The molecule has 1 saturated carbocycles. The van der Waals surface area contributed by atoms with Crippen molar-refractivity contribution in [3.8, 4) is 0 Å². The molecule has 1 aliphatic rings. The molecular formula is C9H8F2. The predicted molar refractivity (Wildman–Crippen MR) is 38.3 cm³/mol. The second kappa shape index (κ2) is 2.29. The van der Waals surface area contributed by atoms with E-state index < -0.39 is 11.6 Å². The van der Waals surface area contributed by atoms with Crippen molar-refractivity contribution in [2.75, 3.05) is 0 Å². The van der Waals surface area contributed by atoms with Gasteiger partial charge in [-0.3, -0.25) is 0 Å². The van der Waals surface area contributed by atoms with Crippen LogP contribution in [0, 0.1) is 11.6 Å². The van der Waals surface area contributed by atoms with Crippen LogP contribution in [0.1, 0.15) is 24.3 Å². The summed E-state index contributed by atoms with van der Waals surface area (Å²) in [5.74, 6) is -0.992. The Morgan fingerprint density at radius 2 is 1.82 bits per heavy atom. The van der Waals surface area contributed by atoms with Gasteiger partial charge < -0.3 is 0 Å². The van der Waals surface area contributed by atoms with Gasteiger partial charge in [0.2, 0.25) is 0 Å². The van der Waals surface area contributed by atoms with Crippen LogP contribution in [0.3, 0.4) is 0 Å². The molecule has 0 heterocycles. The molecule has 0 nitrogen and oxygen atoms in total. The van der Waals surface area contributed by atoms with E-state index in [-0.39, 0.29) is 0 Å². The van der Waals surface area contributed by atoms with E-state index in [1.807, 2.05) is 0 Å². The molecule has 1 aliphatic carbocycles. The van der Waals surface area contributed by atoms with Gasteiger partial charge in [-0.1, -0.05) is 6.07 Å². The van der Waals surface area contributed by atoms with Crippen molar-refractivity contribution in [3.63, 3.8) is 0 Å². The van der Waals surface area contributed by atoms with Crippen molar-refractivity contribution in [1.29, 1.82) is 0 Å². The predicted octanol–water partition coefficient (Wildman–Crippen LogP) is 2.84. The zero-order valence-corrected chi connectivity index (χ0v) is 5.98. The van der Waals surface area contributed by atoms with Crippen LogP contribution >= 0.6 is 0 Å². The van der Waals surface area contributed by atoms with Crippen molar-refractivity contribution >= 4 is 0 Å². The van der Waals surface area contributed by atoms with E-state index in [1.165, 1.54) is 12.1 Å². The highest BCUT2D eigenvalue weighted by molar-refractivity contribution is 5.24. The molecule has 0 aliphatic heterocycles. The average molecular weight is 154 g/mol. The number of halogens is 2. The van der Waals surface area contributed by atoms with Gasteiger partial charge in [0.1, 0.15) is 0 Å². The Balaban J connectivity index is 2.36. The Bertz CT molecular complexity index is 277. The van der Waals surface area contributed by atoms with Crippen molar-refractivity contribution in [2.45, 2.75) is 18.8 Å². The first-order chi connectivity index (χ1) is 5.27. The summed E-state index contributed by atoms with van der Waals surface area (Å²) in [6.45, 7) is 0. The number of rotatable bonds is 1. The van der Waals surface area contributed by atoms with Gasteiger partial charge in [0, 0.05) is 0 Å². The highest BCUT2D eigenvalue weighted by Crippen LogP contribution is 2.40. The molecule has 0 atom stereocenters. The standard InChI is InChI=1S/C9H8F2/c10-8-4-3-7(5-9(8)11)6-1-2-6/h3-6H,1-2H2. The second-order valence-electron chi connectivity index (χ2n) is 2.95. The normalized spacial score (nSPS) is 16.9. The molecule has 0 unspecified atom stereocenters. The topological polar surface area (TPSA) is 0 Å². The van der Waals surface area contributed by atoms with Gasteiger partial charge in [-0.25, -0.2) is 8.78 Å². The molecular weight excluding hydrogens is 146 g/mol. The summed E-state index contributed by atoms with van der Waals surface area (Å²) in [5.41, 5.74) is 0.934. The van der Waals surface area contributed by atoms with Gasteiger partial charge in [-0.15, -0.1) is 0 Å². The molecule has 11 heavy (non-hydrogen) atoms. The Morgan fingerprint density at radius 1 is 1.09 bits per heavy atom. The number of benzene rings is 1. The molecule has 0 amide bonds. The third-order valence-electron chi connectivity index (χ3n) is 1.99. The number of hydrogen-bond donors (Lipinski definition) is 0. The molecule has 0 aromatic heterocycles. The van der Waals surface area contributed by atoms with Gasteiger partial charge in [-0.05, 0) is 36.5 Å². The fourth-order valence-corrected chi connectivity index (χ4v) is 1.18. The van der Waals surface area contributed by atoms with Crippen molar-refractivity contribution < 1.29 is 8.78 Å². The second-order valence-corrected chi connectivity index (χ2v) is 2.95. The molecule has 1 aromatic carbocycles. The smallest absolute Gasteiger partial charge is 0.159 e. The maximum absolute atomic E-state index is 12.6. The van der Waals surface area contributed by atoms with Gasteiger partial charge in [0.05, 0.1) is 0 Å². The van der Waals surface area contributed by atoms with Crippen molar-refractivity contribution in [3.05, 3.63) is 35.4 Å². The fraction of sp³-hybridized carbons (Fsp3) is 0.333. The maximum Gasteiger partial charge on any atom is 0.159 e. The summed E-state index contributed by atoms with van der Waals surface area (Å²) in [4.78, 5) is 0. The first-order valence-corrected chi connectivity index (χ1v) is 3.72. The summed E-state index contributed by atoms with van der Waals surface area (Å²) >= 11 is 0. The molecule has 0 bridgehead atoms. The average Bonchev–Trinajstić information content (AvgIpc) is 2.77. The van der Waals surface area contributed by atoms with Gasteiger partial charge in [-0.2, -0.15) is 0 Å². The molecule has 0 saturated heterocycles. The van der Waals surface area contributed by atoms with E-state index in [2.05, 4.69) is 0 Å². The summed E-state index contributed by atoms with van der Waals surface area (Å²) in [7, 11) is 0. The van der Waals surface area contributed by atoms with Crippen LogP contribution in [-0.4, -0.2) is 0 Å². The van der Waals surface area contributed by atoms with Gasteiger partial charge in [0.15, 0.2) is 11.6 Å². The lowest BCUT2D eigenvalue weighted by Gasteiger charge is -1.97. The van der Waals surface area contributed by atoms with E-state index in [4.69, 9.17) is 0 Å². The summed E-state index contributed by atoms with van der Waals surface area (Å²) in [5, 5.41) is 0. The highest BCUT2D eigenvalue weighted by atomic mass is 19.2. The monoisotopic (exact) mass is 154 g/mol. The molecule has 0 N–H and O–H groups in total. The van der Waals surface area contributed by atoms with Crippen LogP contribution in [0.2, 0.25) is 0 Å². The van der Waals surface area contributed by atoms with Gasteiger partial charge in [0.25, 0.3) is 0 Å². The Labute approximate surface area is 63.9 Å². The van der Waals surface area contributed by atoms with E-state index in [1.54, 1.807) is 6.07 Å². The molecule has 58 valence electrons. The van der Waals surface area contributed by atoms with Crippen molar-refractivity contribution in [1.82, 2.24) is 0 Å². The minimum atomic E-state index is -0.755. The largest absolute Gasteiger partial charge is 0.204 e. The lowest BCUT2D eigenvalue weighted by Crippen LogP contribution is -1.86. The molecule has 1 fully saturated rings. The lowest BCUT2D eigenvalue weighted by atomic mass is 10.1. The number of hydrogen-bond acceptors (Lipinski definition) is 0. The quantitative estimate of drug-likeness (QED) is 0.583. The summed E-state index contributed by atoms with van der Waals surface area (Å²) in [6.07, 6.45) is 2.23. The minimum Gasteiger partial charge on any atom is -0.204 e. The molecule has 2 heteroatoms. The van der Waals surface area contributed by atoms with Crippen LogP contribution in [0.25, 0.3) is 0 Å². The third-order valence-corrected chi connectivity index (χ3v) is 1.99. The lowest BCUT2D eigenvalue weighted by molar-refractivity contribution is 0.507. The van der Waals surface area contributed by atoms with E-state index in [0.717, 1.165) is 18.4 Å². The first kappa shape index (κ1) is 6.77. The molecule has 1 aromatic rings. The van der Waals surface area contributed by atoms with Crippen LogP contribution in [0.4, 0.5) is 8.78 Å².